The molecule has 0 aromatic heterocycles. The van der Waals surface area contributed by atoms with Crippen molar-refractivity contribution in [3.8, 4) is 0 Å². The van der Waals surface area contributed by atoms with Gasteiger partial charge in [-0.25, -0.2) is 0 Å². The van der Waals surface area contributed by atoms with Gasteiger partial charge in [-0.3, -0.25) is 9.59 Å². The van der Waals surface area contributed by atoms with Crippen LogP contribution in [0.5, 0.6) is 0 Å². The Morgan fingerprint density at radius 2 is 2.20 bits per heavy atom. The number of hydrogen-bond acceptors (Lipinski definition) is 3. The van der Waals surface area contributed by atoms with Crippen molar-refractivity contribution in [3.05, 3.63) is 34.9 Å². The Bertz CT molecular complexity index is 571. The zero-order valence-corrected chi connectivity index (χ0v) is 11.9. The first-order valence-electron chi connectivity index (χ1n) is 6.44. The molecule has 1 aliphatic heterocycles. The first kappa shape index (κ1) is 14.7. The number of carbonyl (C=O) groups excluding carboxylic acids is 2. The van der Waals surface area contributed by atoms with E-state index in [1.807, 2.05) is 6.92 Å². The molecule has 1 aromatic carbocycles. The molecule has 1 aliphatic rings. The van der Waals surface area contributed by atoms with Gasteiger partial charge in [0.25, 0.3) is 5.91 Å². The fourth-order valence-corrected chi connectivity index (χ4v) is 2.22. The number of amidine groups is 1. The van der Waals surface area contributed by atoms with Gasteiger partial charge in [-0.1, -0.05) is 30.7 Å². The summed E-state index contributed by atoms with van der Waals surface area (Å²) in [6, 6.07) is 6.55. The molecule has 0 aliphatic carbocycles. The maximum Gasteiger partial charge on any atom is 0.264 e. The van der Waals surface area contributed by atoms with E-state index in [-0.39, 0.29) is 11.9 Å². The second-order valence-electron chi connectivity index (χ2n) is 4.75. The quantitative estimate of drug-likeness (QED) is 0.827. The van der Waals surface area contributed by atoms with Gasteiger partial charge in [-0.2, -0.15) is 4.99 Å². The molecule has 5 nitrogen and oxygen atoms in total. The minimum absolute atomic E-state index is 0.121. The minimum Gasteiger partial charge on any atom is -0.327 e. The minimum atomic E-state index is -0.935. The van der Waals surface area contributed by atoms with Gasteiger partial charge in [0.05, 0.1) is 0 Å². The lowest BCUT2D eigenvalue weighted by Gasteiger charge is -2.21. The number of halogens is 1. The van der Waals surface area contributed by atoms with Crippen molar-refractivity contribution in [2.45, 2.75) is 31.7 Å². The number of nitrogens with zero attached hydrogens (tertiary/aromatic N) is 1. The van der Waals surface area contributed by atoms with Crippen LogP contribution < -0.4 is 11.1 Å². The summed E-state index contributed by atoms with van der Waals surface area (Å²) in [6.45, 7) is 1.94. The molecule has 2 rings (SSSR count). The van der Waals surface area contributed by atoms with Crippen LogP contribution in [-0.4, -0.2) is 23.7 Å². The third-order valence-corrected chi connectivity index (χ3v) is 3.42. The number of amides is 2. The summed E-state index contributed by atoms with van der Waals surface area (Å²) in [5.74, 6) is -1.46. The third-order valence-electron chi connectivity index (χ3n) is 3.18. The maximum absolute atomic E-state index is 12.1. The monoisotopic (exact) mass is 293 g/mol. The van der Waals surface area contributed by atoms with Gasteiger partial charge in [-0.05, 0) is 24.1 Å². The van der Waals surface area contributed by atoms with Gasteiger partial charge in [0.15, 0.2) is 0 Å². The van der Waals surface area contributed by atoms with Gasteiger partial charge in [0.1, 0.15) is 11.8 Å². The van der Waals surface area contributed by atoms with Gasteiger partial charge in [0, 0.05) is 17.5 Å². The second kappa shape index (κ2) is 6.15. The molecule has 0 saturated carbocycles. The molecule has 2 atom stereocenters. The summed E-state index contributed by atoms with van der Waals surface area (Å²) >= 11 is 5.88. The third kappa shape index (κ3) is 3.23. The van der Waals surface area contributed by atoms with Crippen LogP contribution in [0.4, 0.5) is 0 Å². The normalized spacial score (nSPS) is 20.4. The number of nitrogens with one attached hydrogen (secondary N) is 1. The van der Waals surface area contributed by atoms with E-state index in [0.29, 0.717) is 22.8 Å². The first-order chi connectivity index (χ1) is 9.51. The van der Waals surface area contributed by atoms with Gasteiger partial charge in [0.2, 0.25) is 5.91 Å². The molecule has 3 N–H and O–H groups in total. The van der Waals surface area contributed by atoms with Crippen molar-refractivity contribution in [3.63, 3.8) is 0 Å². The van der Waals surface area contributed by atoms with Gasteiger partial charge in [-0.15, -0.1) is 0 Å². The lowest BCUT2D eigenvalue weighted by molar-refractivity contribution is -0.129. The van der Waals surface area contributed by atoms with Crippen LogP contribution in [0.1, 0.15) is 31.2 Å². The highest BCUT2D eigenvalue weighted by molar-refractivity contribution is 6.30. The highest BCUT2D eigenvalue weighted by atomic mass is 35.5. The van der Waals surface area contributed by atoms with E-state index < -0.39 is 11.8 Å². The Labute approximate surface area is 122 Å². The standard InChI is InChI=1S/C14H16ClN3O2/c1-2-10(16)7-11-17-13(19)12(14(20)18-11)8-4-3-5-9(15)6-8/h3-6,10,12H,2,7,16H2,1H3,(H,17,18,19,20). The topological polar surface area (TPSA) is 84.5 Å². The molecule has 2 unspecified atom stereocenters. The van der Waals surface area contributed by atoms with E-state index in [1.54, 1.807) is 24.3 Å². The lowest BCUT2D eigenvalue weighted by Crippen LogP contribution is -2.44. The van der Waals surface area contributed by atoms with E-state index in [4.69, 9.17) is 17.3 Å². The molecule has 2 amide bonds. The van der Waals surface area contributed by atoms with E-state index >= 15 is 0 Å². The molecule has 0 spiro atoms. The van der Waals surface area contributed by atoms with Crippen LogP contribution in [0.15, 0.2) is 29.3 Å². The Kier molecular flexibility index (Phi) is 4.52. The van der Waals surface area contributed by atoms with E-state index in [9.17, 15) is 9.59 Å². The molecule has 1 heterocycles. The molecule has 106 valence electrons. The van der Waals surface area contributed by atoms with E-state index in [2.05, 4.69) is 10.3 Å². The average molecular weight is 294 g/mol. The largest absolute Gasteiger partial charge is 0.327 e. The summed E-state index contributed by atoms with van der Waals surface area (Å²) in [6.07, 6.45) is 1.14. The summed E-state index contributed by atoms with van der Waals surface area (Å²) in [5.41, 5.74) is 6.34. The average Bonchev–Trinajstić information content (AvgIpc) is 2.37. The Hall–Kier alpha value is -1.72. The van der Waals surface area contributed by atoms with Crippen molar-refractivity contribution >= 4 is 29.3 Å². The van der Waals surface area contributed by atoms with E-state index in [0.717, 1.165) is 6.42 Å². The Morgan fingerprint density at radius 3 is 2.80 bits per heavy atom. The molecule has 0 radical (unpaired) electrons. The van der Waals surface area contributed by atoms with Crippen LogP contribution >= 0.6 is 11.6 Å². The molecule has 20 heavy (non-hydrogen) atoms. The second-order valence-corrected chi connectivity index (χ2v) is 5.18. The smallest absolute Gasteiger partial charge is 0.264 e. The predicted octanol–water partition coefficient (Wildman–Crippen LogP) is 1.61. The van der Waals surface area contributed by atoms with Crippen molar-refractivity contribution in [1.82, 2.24) is 5.32 Å². The van der Waals surface area contributed by atoms with E-state index in [1.165, 1.54) is 0 Å². The summed E-state index contributed by atoms with van der Waals surface area (Å²) in [4.78, 5) is 28.1. The fourth-order valence-electron chi connectivity index (χ4n) is 2.02. The molecular formula is C14H16ClN3O2. The number of nitrogens with two attached hydrogens (primary N) is 1. The number of aliphatic imine (C=N–C) groups is 1. The van der Waals surface area contributed by atoms with Gasteiger partial charge < -0.3 is 11.1 Å². The maximum atomic E-state index is 12.1. The number of benzene rings is 1. The first-order valence-corrected chi connectivity index (χ1v) is 6.82. The van der Waals surface area contributed by atoms with Crippen molar-refractivity contribution in [2.24, 2.45) is 10.7 Å². The molecule has 6 heteroatoms. The zero-order valence-electron chi connectivity index (χ0n) is 11.1. The molecule has 1 aromatic rings. The Balaban J connectivity index is 2.23. The zero-order chi connectivity index (χ0) is 14.7. The highest BCUT2D eigenvalue weighted by Gasteiger charge is 2.33. The summed E-state index contributed by atoms with van der Waals surface area (Å²) in [5, 5.41) is 3.12. The predicted molar refractivity (Wildman–Crippen MR) is 77.7 cm³/mol. The van der Waals surface area contributed by atoms with Crippen LogP contribution in [0.3, 0.4) is 0 Å². The number of rotatable bonds is 4. The van der Waals surface area contributed by atoms with Crippen molar-refractivity contribution in [2.75, 3.05) is 0 Å². The lowest BCUT2D eigenvalue weighted by atomic mass is 9.96. The molecule has 0 bridgehead atoms. The van der Waals surface area contributed by atoms with Crippen molar-refractivity contribution in [1.29, 1.82) is 0 Å². The van der Waals surface area contributed by atoms with Gasteiger partial charge >= 0.3 is 0 Å². The SMILES string of the molecule is CCC(N)CC1=NC(=O)C(c2cccc(Cl)c2)C(=O)N1. The number of carbonyl (C=O) groups is 2. The molecule has 0 fully saturated rings. The van der Waals surface area contributed by atoms with Crippen molar-refractivity contribution < 1.29 is 9.59 Å². The van der Waals surface area contributed by atoms with Crippen LogP contribution in [0.2, 0.25) is 5.02 Å². The molecule has 0 saturated heterocycles. The fraction of sp³-hybridized carbons (Fsp3) is 0.357. The highest BCUT2D eigenvalue weighted by Crippen LogP contribution is 2.23. The Morgan fingerprint density at radius 1 is 1.45 bits per heavy atom. The summed E-state index contributed by atoms with van der Waals surface area (Å²) < 4.78 is 0. The van der Waals surface area contributed by atoms with Crippen LogP contribution in [-0.2, 0) is 9.59 Å². The number of hydrogen-bond donors (Lipinski definition) is 2. The molecular weight excluding hydrogens is 278 g/mol. The van der Waals surface area contributed by atoms with Crippen LogP contribution in [0.25, 0.3) is 0 Å². The summed E-state index contributed by atoms with van der Waals surface area (Å²) in [7, 11) is 0. The van der Waals surface area contributed by atoms with Crippen LogP contribution in [0, 0.1) is 0 Å².